The van der Waals surface area contributed by atoms with E-state index >= 15 is 0 Å². The van der Waals surface area contributed by atoms with Crippen LogP contribution in [0.2, 0.25) is 0 Å². The van der Waals surface area contributed by atoms with Crippen LogP contribution in [0.1, 0.15) is 18.5 Å². The Balaban J connectivity index is 1.91. The van der Waals surface area contributed by atoms with Gasteiger partial charge in [-0.25, -0.2) is 4.79 Å². The fourth-order valence-corrected chi connectivity index (χ4v) is 1.86. The number of nitrogens with one attached hydrogen (secondary N) is 2. The number of urea groups is 1. The average molecular weight is 270 g/mol. The molecule has 0 fully saturated rings. The van der Waals surface area contributed by atoms with Gasteiger partial charge in [-0.3, -0.25) is 0 Å². The molecule has 20 heavy (non-hydrogen) atoms. The Kier molecular flexibility index (Phi) is 4.60. The Morgan fingerprint density at radius 3 is 2.30 bits per heavy atom. The molecule has 104 valence electrons. The predicted molar refractivity (Wildman–Crippen MR) is 80.0 cm³/mol. The van der Waals surface area contributed by atoms with Crippen molar-refractivity contribution in [2.45, 2.75) is 13.0 Å². The second-order valence-electron chi connectivity index (χ2n) is 4.46. The van der Waals surface area contributed by atoms with Gasteiger partial charge in [0, 0.05) is 5.69 Å². The zero-order valence-corrected chi connectivity index (χ0v) is 11.6. The smallest absolute Gasteiger partial charge is 0.319 e. The Hall–Kier alpha value is -2.49. The highest BCUT2D eigenvalue weighted by Crippen LogP contribution is 2.15. The van der Waals surface area contributed by atoms with E-state index in [0.717, 1.165) is 17.0 Å². The van der Waals surface area contributed by atoms with Crippen LogP contribution in [0, 0.1) is 0 Å². The van der Waals surface area contributed by atoms with Gasteiger partial charge < -0.3 is 15.4 Å². The summed E-state index contributed by atoms with van der Waals surface area (Å²) in [4.78, 5) is 11.9. The SMILES string of the molecule is COc1ccc(NC(=O)N[C@H](C)c2ccccc2)cc1. The van der Waals surface area contributed by atoms with Crippen molar-refractivity contribution in [2.75, 3.05) is 12.4 Å². The number of amides is 2. The van der Waals surface area contributed by atoms with Gasteiger partial charge in [0.25, 0.3) is 0 Å². The first-order chi connectivity index (χ1) is 9.69. The molecule has 2 N–H and O–H groups in total. The summed E-state index contributed by atoms with van der Waals surface area (Å²) < 4.78 is 5.07. The van der Waals surface area contributed by atoms with E-state index in [-0.39, 0.29) is 12.1 Å². The molecule has 0 heterocycles. The zero-order valence-electron chi connectivity index (χ0n) is 11.6. The van der Waals surface area contributed by atoms with Gasteiger partial charge in [0.2, 0.25) is 0 Å². The van der Waals surface area contributed by atoms with Crippen molar-refractivity contribution in [3.63, 3.8) is 0 Å². The fourth-order valence-electron chi connectivity index (χ4n) is 1.86. The molecule has 0 aromatic heterocycles. The Labute approximate surface area is 118 Å². The molecule has 2 aromatic carbocycles. The number of anilines is 1. The number of carbonyl (C=O) groups is 1. The third-order valence-electron chi connectivity index (χ3n) is 3.00. The summed E-state index contributed by atoms with van der Waals surface area (Å²) in [5.41, 5.74) is 1.79. The summed E-state index contributed by atoms with van der Waals surface area (Å²) in [6.07, 6.45) is 0. The summed E-state index contributed by atoms with van der Waals surface area (Å²) in [6, 6.07) is 16.7. The van der Waals surface area contributed by atoms with Crippen LogP contribution in [-0.4, -0.2) is 13.1 Å². The number of carbonyl (C=O) groups excluding carboxylic acids is 1. The number of benzene rings is 2. The second kappa shape index (κ2) is 6.61. The normalized spacial score (nSPS) is 11.5. The van der Waals surface area contributed by atoms with Gasteiger partial charge in [-0.15, -0.1) is 0 Å². The average Bonchev–Trinajstić information content (AvgIpc) is 2.49. The van der Waals surface area contributed by atoms with Gasteiger partial charge in [-0.1, -0.05) is 30.3 Å². The molecular weight excluding hydrogens is 252 g/mol. The van der Waals surface area contributed by atoms with Gasteiger partial charge in [0.1, 0.15) is 5.75 Å². The maximum Gasteiger partial charge on any atom is 0.319 e. The Morgan fingerprint density at radius 2 is 1.70 bits per heavy atom. The number of methoxy groups -OCH3 is 1. The molecule has 0 spiro atoms. The first-order valence-corrected chi connectivity index (χ1v) is 6.45. The third kappa shape index (κ3) is 3.75. The molecule has 0 saturated heterocycles. The monoisotopic (exact) mass is 270 g/mol. The maximum absolute atomic E-state index is 11.9. The summed E-state index contributed by atoms with van der Waals surface area (Å²) in [6.45, 7) is 1.95. The van der Waals surface area contributed by atoms with E-state index in [2.05, 4.69) is 10.6 Å². The molecule has 2 amide bonds. The number of hydrogen-bond acceptors (Lipinski definition) is 2. The molecule has 0 saturated carbocycles. The molecule has 2 rings (SSSR count). The summed E-state index contributed by atoms with van der Waals surface area (Å²) in [7, 11) is 1.61. The van der Waals surface area contributed by atoms with E-state index in [1.807, 2.05) is 37.3 Å². The highest BCUT2D eigenvalue weighted by atomic mass is 16.5. The molecule has 0 aliphatic heterocycles. The van der Waals surface area contributed by atoms with Gasteiger partial charge in [-0.05, 0) is 36.8 Å². The highest BCUT2D eigenvalue weighted by molar-refractivity contribution is 5.89. The Morgan fingerprint density at radius 1 is 1.05 bits per heavy atom. The van der Waals surface area contributed by atoms with Gasteiger partial charge in [0.05, 0.1) is 13.2 Å². The van der Waals surface area contributed by atoms with Crippen molar-refractivity contribution in [1.82, 2.24) is 5.32 Å². The third-order valence-corrected chi connectivity index (χ3v) is 3.00. The Bertz CT molecular complexity index is 552. The standard InChI is InChI=1S/C16H18N2O2/c1-12(13-6-4-3-5-7-13)17-16(19)18-14-8-10-15(20-2)11-9-14/h3-12H,1-2H3,(H2,17,18,19)/t12-/m1/s1. The van der Waals surface area contributed by atoms with Gasteiger partial charge >= 0.3 is 6.03 Å². The minimum Gasteiger partial charge on any atom is -0.497 e. The summed E-state index contributed by atoms with van der Waals surface area (Å²) in [5, 5.41) is 5.68. The summed E-state index contributed by atoms with van der Waals surface area (Å²) in [5.74, 6) is 0.758. The lowest BCUT2D eigenvalue weighted by atomic mass is 10.1. The molecule has 4 heteroatoms. The van der Waals surface area contributed by atoms with Crippen LogP contribution in [0.15, 0.2) is 54.6 Å². The van der Waals surface area contributed by atoms with E-state index < -0.39 is 0 Å². The fraction of sp³-hybridized carbons (Fsp3) is 0.188. The number of ether oxygens (including phenoxy) is 1. The minimum absolute atomic E-state index is 0.0468. The van der Waals surface area contributed by atoms with Crippen molar-refractivity contribution in [2.24, 2.45) is 0 Å². The molecule has 2 aromatic rings. The molecular formula is C16H18N2O2. The van der Waals surface area contributed by atoms with Crippen molar-refractivity contribution in [1.29, 1.82) is 0 Å². The van der Waals surface area contributed by atoms with Crippen molar-refractivity contribution in [3.8, 4) is 5.75 Å². The minimum atomic E-state index is -0.230. The first-order valence-electron chi connectivity index (χ1n) is 6.45. The van der Waals surface area contributed by atoms with Crippen LogP contribution < -0.4 is 15.4 Å². The predicted octanol–water partition coefficient (Wildman–Crippen LogP) is 3.58. The number of rotatable bonds is 4. The molecule has 0 unspecified atom stereocenters. The number of hydrogen-bond donors (Lipinski definition) is 2. The molecule has 0 bridgehead atoms. The second-order valence-corrected chi connectivity index (χ2v) is 4.46. The van der Waals surface area contributed by atoms with Crippen molar-refractivity contribution < 1.29 is 9.53 Å². The van der Waals surface area contributed by atoms with Crippen LogP contribution in [0.4, 0.5) is 10.5 Å². The van der Waals surface area contributed by atoms with E-state index in [1.165, 1.54) is 0 Å². The molecule has 4 nitrogen and oxygen atoms in total. The van der Waals surface area contributed by atoms with Crippen LogP contribution in [-0.2, 0) is 0 Å². The first kappa shape index (κ1) is 13.9. The van der Waals surface area contributed by atoms with E-state index in [1.54, 1.807) is 31.4 Å². The summed E-state index contributed by atoms with van der Waals surface area (Å²) >= 11 is 0. The molecule has 0 radical (unpaired) electrons. The van der Waals surface area contributed by atoms with Crippen LogP contribution in [0.25, 0.3) is 0 Å². The lowest BCUT2D eigenvalue weighted by molar-refractivity contribution is 0.249. The van der Waals surface area contributed by atoms with Gasteiger partial charge in [-0.2, -0.15) is 0 Å². The van der Waals surface area contributed by atoms with Crippen molar-refractivity contribution in [3.05, 3.63) is 60.2 Å². The van der Waals surface area contributed by atoms with E-state index in [4.69, 9.17) is 4.74 Å². The van der Waals surface area contributed by atoms with Crippen LogP contribution in [0.5, 0.6) is 5.75 Å². The van der Waals surface area contributed by atoms with E-state index in [9.17, 15) is 4.79 Å². The topological polar surface area (TPSA) is 50.4 Å². The van der Waals surface area contributed by atoms with Gasteiger partial charge in [0.15, 0.2) is 0 Å². The van der Waals surface area contributed by atoms with Crippen LogP contribution in [0.3, 0.4) is 0 Å². The maximum atomic E-state index is 11.9. The molecule has 0 aliphatic carbocycles. The lowest BCUT2D eigenvalue weighted by Crippen LogP contribution is -2.31. The lowest BCUT2D eigenvalue weighted by Gasteiger charge is -2.15. The van der Waals surface area contributed by atoms with Crippen LogP contribution >= 0.6 is 0 Å². The molecule has 0 aliphatic rings. The highest BCUT2D eigenvalue weighted by Gasteiger charge is 2.08. The van der Waals surface area contributed by atoms with E-state index in [0.29, 0.717) is 0 Å². The largest absolute Gasteiger partial charge is 0.497 e. The molecule has 1 atom stereocenters. The quantitative estimate of drug-likeness (QED) is 0.892. The zero-order chi connectivity index (χ0) is 14.4. The van der Waals surface area contributed by atoms with Crippen molar-refractivity contribution >= 4 is 11.7 Å².